The molecule has 1 aromatic heterocycles. The monoisotopic (exact) mass is 288 g/mol. The molecule has 0 unspecified atom stereocenters. The number of carbonyl (C=O) groups excluding carboxylic acids is 2. The third-order valence-corrected chi connectivity index (χ3v) is 3.40. The molecule has 0 radical (unpaired) electrons. The number of aromatic nitrogens is 1. The molecule has 1 aromatic rings. The molecule has 1 N–H and O–H groups in total. The largest absolute Gasteiger partial charge is 0.347 e. The van der Waals surface area contributed by atoms with Crippen LogP contribution in [0.3, 0.4) is 0 Å². The molecule has 0 aromatic carbocycles. The fourth-order valence-electron chi connectivity index (χ4n) is 2.11. The minimum Gasteiger partial charge on any atom is -0.347 e. The zero-order valence-electron chi connectivity index (χ0n) is 12.2. The second-order valence-corrected chi connectivity index (χ2v) is 5.00. The first-order valence-corrected chi connectivity index (χ1v) is 6.96. The van der Waals surface area contributed by atoms with E-state index in [0.29, 0.717) is 25.3 Å². The van der Waals surface area contributed by atoms with Crippen LogP contribution in [0.5, 0.6) is 0 Å². The van der Waals surface area contributed by atoms with Crippen LogP contribution in [0.1, 0.15) is 21.0 Å². The number of piperazine rings is 1. The highest BCUT2D eigenvalue weighted by atomic mass is 16.2. The Morgan fingerprint density at radius 3 is 2.62 bits per heavy atom. The number of hydrogen-bond donors (Lipinski definition) is 1. The van der Waals surface area contributed by atoms with Crippen LogP contribution >= 0.6 is 0 Å². The van der Waals surface area contributed by atoms with Crippen LogP contribution in [0, 0.1) is 0 Å². The van der Waals surface area contributed by atoms with Crippen molar-refractivity contribution in [3.8, 4) is 0 Å². The van der Waals surface area contributed by atoms with Gasteiger partial charge in [0.05, 0.1) is 0 Å². The van der Waals surface area contributed by atoms with Gasteiger partial charge < -0.3 is 15.1 Å². The van der Waals surface area contributed by atoms with Crippen molar-refractivity contribution in [2.24, 2.45) is 0 Å². The van der Waals surface area contributed by atoms with E-state index in [4.69, 9.17) is 0 Å². The van der Waals surface area contributed by atoms with Gasteiger partial charge in [0.1, 0.15) is 11.4 Å². The minimum absolute atomic E-state index is 0.124. The van der Waals surface area contributed by atoms with Gasteiger partial charge in [-0.2, -0.15) is 0 Å². The van der Waals surface area contributed by atoms with Crippen LogP contribution in [-0.4, -0.2) is 66.4 Å². The first-order chi connectivity index (χ1) is 10.1. The third kappa shape index (κ3) is 3.88. The van der Waals surface area contributed by atoms with Crippen molar-refractivity contribution in [1.82, 2.24) is 20.1 Å². The van der Waals surface area contributed by atoms with E-state index in [0.717, 1.165) is 13.1 Å². The Labute approximate surface area is 124 Å². The SMILES string of the molecule is C=CCNC(=O)c1cccc(C(=O)N2CCN(C)CC2)n1. The van der Waals surface area contributed by atoms with Gasteiger partial charge in [0, 0.05) is 32.7 Å². The Morgan fingerprint density at radius 1 is 1.29 bits per heavy atom. The lowest BCUT2D eigenvalue weighted by atomic mass is 10.2. The molecule has 2 rings (SSSR count). The molecule has 0 aliphatic carbocycles. The first-order valence-electron chi connectivity index (χ1n) is 6.96. The number of rotatable bonds is 4. The second kappa shape index (κ2) is 6.99. The fraction of sp³-hybridized carbons (Fsp3) is 0.400. The van der Waals surface area contributed by atoms with Gasteiger partial charge in [-0.1, -0.05) is 12.1 Å². The van der Waals surface area contributed by atoms with Crippen molar-refractivity contribution in [2.45, 2.75) is 0 Å². The van der Waals surface area contributed by atoms with Crippen LogP contribution in [0.25, 0.3) is 0 Å². The van der Waals surface area contributed by atoms with E-state index < -0.39 is 0 Å². The van der Waals surface area contributed by atoms with Crippen molar-refractivity contribution < 1.29 is 9.59 Å². The van der Waals surface area contributed by atoms with Gasteiger partial charge >= 0.3 is 0 Å². The van der Waals surface area contributed by atoms with Gasteiger partial charge in [-0.05, 0) is 19.2 Å². The molecule has 0 bridgehead atoms. The van der Waals surface area contributed by atoms with Crippen LogP contribution in [0.2, 0.25) is 0 Å². The number of pyridine rings is 1. The number of hydrogen-bond acceptors (Lipinski definition) is 4. The maximum atomic E-state index is 12.4. The van der Waals surface area contributed by atoms with Crippen LogP contribution in [-0.2, 0) is 0 Å². The normalized spacial score (nSPS) is 15.6. The Kier molecular flexibility index (Phi) is 5.05. The van der Waals surface area contributed by atoms with Crippen LogP contribution in [0.4, 0.5) is 0 Å². The molecule has 6 nitrogen and oxygen atoms in total. The maximum Gasteiger partial charge on any atom is 0.272 e. The average Bonchev–Trinajstić information content (AvgIpc) is 2.52. The molecule has 21 heavy (non-hydrogen) atoms. The topological polar surface area (TPSA) is 65.5 Å². The number of likely N-dealkylation sites (N-methyl/N-ethyl adjacent to an activating group) is 1. The Morgan fingerprint density at radius 2 is 1.95 bits per heavy atom. The summed E-state index contributed by atoms with van der Waals surface area (Å²) in [6, 6.07) is 4.92. The summed E-state index contributed by atoms with van der Waals surface area (Å²) in [4.78, 5) is 32.4. The molecular formula is C15H20N4O2. The number of nitrogens with zero attached hydrogens (tertiary/aromatic N) is 3. The summed E-state index contributed by atoms with van der Waals surface area (Å²) in [5, 5.41) is 2.65. The molecule has 6 heteroatoms. The van der Waals surface area contributed by atoms with Crippen molar-refractivity contribution in [3.05, 3.63) is 42.2 Å². The van der Waals surface area contributed by atoms with Gasteiger partial charge in [0.25, 0.3) is 11.8 Å². The van der Waals surface area contributed by atoms with Gasteiger partial charge in [0.15, 0.2) is 0 Å². The molecule has 1 fully saturated rings. The van der Waals surface area contributed by atoms with E-state index in [-0.39, 0.29) is 17.5 Å². The molecular weight excluding hydrogens is 268 g/mol. The van der Waals surface area contributed by atoms with E-state index in [2.05, 4.69) is 21.8 Å². The van der Waals surface area contributed by atoms with Crippen LogP contribution < -0.4 is 5.32 Å². The highest BCUT2D eigenvalue weighted by Crippen LogP contribution is 2.07. The molecule has 2 amide bonds. The predicted molar refractivity (Wildman–Crippen MR) is 80.2 cm³/mol. The van der Waals surface area contributed by atoms with Crippen molar-refractivity contribution >= 4 is 11.8 Å². The number of nitrogens with one attached hydrogen (secondary N) is 1. The predicted octanol–water partition coefficient (Wildman–Crippen LogP) is 0.385. The maximum absolute atomic E-state index is 12.4. The van der Waals surface area contributed by atoms with Crippen molar-refractivity contribution in [1.29, 1.82) is 0 Å². The van der Waals surface area contributed by atoms with Gasteiger partial charge in [-0.3, -0.25) is 9.59 Å². The van der Waals surface area contributed by atoms with Crippen molar-refractivity contribution in [3.63, 3.8) is 0 Å². The zero-order chi connectivity index (χ0) is 15.2. The molecule has 0 saturated carbocycles. The lowest BCUT2D eigenvalue weighted by molar-refractivity contribution is 0.0658. The molecule has 112 valence electrons. The van der Waals surface area contributed by atoms with Gasteiger partial charge in [-0.15, -0.1) is 6.58 Å². The summed E-state index contributed by atoms with van der Waals surface area (Å²) in [6.45, 7) is 6.99. The molecule has 2 heterocycles. The quantitative estimate of drug-likeness (QED) is 0.814. The summed E-state index contributed by atoms with van der Waals surface area (Å²) in [6.07, 6.45) is 1.59. The van der Waals surface area contributed by atoms with E-state index >= 15 is 0 Å². The molecule has 1 saturated heterocycles. The smallest absolute Gasteiger partial charge is 0.272 e. The zero-order valence-corrected chi connectivity index (χ0v) is 12.2. The van der Waals surface area contributed by atoms with E-state index in [1.807, 2.05) is 7.05 Å². The van der Waals surface area contributed by atoms with E-state index in [1.165, 1.54) is 0 Å². The Hall–Kier alpha value is -2.21. The molecule has 0 spiro atoms. The lowest BCUT2D eigenvalue weighted by Crippen LogP contribution is -2.47. The Bertz CT molecular complexity index is 536. The fourth-order valence-corrected chi connectivity index (χ4v) is 2.11. The van der Waals surface area contributed by atoms with Gasteiger partial charge in [0.2, 0.25) is 0 Å². The highest BCUT2D eigenvalue weighted by Gasteiger charge is 2.22. The number of carbonyl (C=O) groups is 2. The van der Waals surface area contributed by atoms with E-state index in [1.54, 1.807) is 29.2 Å². The minimum atomic E-state index is -0.303. The average molecular weight is 288 g/mol. The Balaban J connectivity index is 2.07. The van der Waals surface area contributed by atoms with Crippen LogP contribution in [0.15, 0.2) is 30.9 Å². The molecule has 1 aliphatic heterocycles. The van der Waals surface area contributed by atoms with E-state index in [9.17, 15) is 9.59 Å². The summed E-state index contributed by atoms with van der Waals surface area (Å²) in [5.41, 5.74) is 0.558. The molecule has 0 atom stereocenters. The highest BCUT2D eigenvalue weighted by molar-refractivity contribution is 5.96. The summed E-state index contributed by atoms with van der Waals surface area (Å²) in [5.74, 6) is -0.426. The molecule has 1 aliphatic rings. The third-order valence-electron chi connectivity index (χ3n) is 3.40. The first kappa shape index (κ1) is 15.2. The standard InChI is InChI=1S/C15H20N4O2/c1-3-7-16-14(20)12-5-4-6-13(17-12)15(21)19-10-8-18(2)9-11-19/h3-6H,1,7-11H2,2H3,(H,16,20). The summed E-state index contributed by atoms with van der Waals surface area (Å²) >= 11 is 0. The summed E-state index contributed by atoms with van der Waals surface area (Å²) in [7, 11) is 2.03. The van der Waals surface area contributed by atoms with Crippen molar-refractivity contribution in [2.75, 3.05) is 39.8 Å². The summed E-state index contributed by atoms with van der Waals surface area (Å²) < 4.78 is 0. The number of amides is 2. The van der Waals surface area contributed by atoms with Gasteiger partial charge in [-0.25, -0.2) is 4.98 Å². The second-order valence-electron chi connectivity index (χ2n) is 5.00. The lowest BCUT2D eigenvalue weighted by Gasteiger charge is -2.32.